The number of piperazine rings is 1. The predicted octanol–water partition coefficient (Wildman–Crippen LogP) is 4.62. The molecule has 3 aromatic rings. The van der Waals surface area contributed by atoms with Gasteiger partial charge in [-0.15, -0.1) is 0 Å². The van der Waals surface area contributed by atoms with Gasteiger partial charge in [-0.05, 0) is 68.7 Å². The average molecular weight is 485 g/mol. The number of benzene rings is 2. The van der Waals surface area contributed by atoms with Crippen LogP contribution in [0.1, 0.15) is 46.7 Å². The normalized spacial score (nSPS) is 20.4. The summed E-state index contributed by atoms with van der Waals surface area (Å²) < 4.78 is 5.41. The first kappa shape index (κ1) is 23.9. The first-order valence-corrected chi connectivity index (χ1v) is 12.3. The second-order valence-corrected chi connectivity index (χ2v) is 9.81. The average Bonchev–Trinajstić information content (AvgIpc) is 3.32. The van der Waals surface area contributed by atoms with Crippen molar-refractivity contribution >= 4 is 29.2 Å². The van der Waals surface area contributed by atoms with E-state index in [1.807, 2.05) is 67.3 Å². The lowest BCUT2D eigenvalue weighted by Gasteiger charge is -2.36. The molecule has 0 spiro atoms. The highest BCUT2D eigenvalue weighted by molar-refractivity contribution is 6.36. The van der Waals surface area contributed by atoms with Gasteiger partial charge in [0.05, 0.1) is 18.2 Å². The first-order valence-electron chi connectivity index (χ1n) is 12.3. The number of aryl methyl sites for hydroxylation is 1. The zero-order valence-corrected chi connectivity index (χ0v) is 21.4. The van der Waals surface area contributed by atoms with Crippen LogP contribution in [0, 0.1) is 13.8 Å². The maximum absolute atomic E-state index is 13.5. The summed E-state index contributed by atoms with van der Waals surface area (Å²) in [5, 5.41) is 6.47. The van der Waals surface area contributed by atoms with Crippen LogP contribution in [0.4, 0.5) is 5.69 Å². The van der Waals surface area contributed by atoms with Gasteiger partial charge in [0.1, 0.15) is 5.75 Å². The Kier molecular flexibility index (Phi) is 6.18. The monoisotopic (exact) mass is 484 g/mol. The number of carbonyl (C=O) groups excluding carboxylic acids is 2. The lowest BCUT2D eigenvalue weighted by atomic mass is 9.94. The number of ether oxygens (including phenoxy) is 1. The molecule has 36 heavy (non-hydrogen) atoms. The molecule has 1 saturated heterocycles. The molecule has 2 aliphatic heterocycles. The molecular formula is C29H32N4O3. The third-order valence-corrected chi connectivity index (χ3v) is 7.03. The Hall–Kier alpha value is -3.84. The Labute approximate surface area is 211 Å². The lowest BCUT2D eigenvalue weighted by Crippen LogP contribution is -2.55. The molecule has 3 N–H and O–H groups in total. The summed E-state index contributed by atoms with van der Waals surface area (Å²) >= 11 is 0. The van der Waals surface area contributed by atoms with Gasteiger partial charge >= 0.3 is 0 Å². The van der Waals surface area contributed by atoms with Gasteiger partial charge in [-0.25, -0.2) is 0 Å². The second kappa shape index (κ2) is 9.32. The van der Waals surface area contributed by atoms with Gasteiger partial charge in [-0.1, -0.05) is 24.3 Å². The van der Waals surface area contributed by atoms with Crippen LogP contribution in [0.3, 0.4) is 0 Å². The van der Waals surface area contributed by atoms with Crippen molar-refractivity contribution in [2.45, 2.75) is 39.8 Å². The molecule has 0 radical (unpaired) electrons. The fraction of sp³-hybridized carbons (Fsp3) is 0.310. The van der Waals surface area contributed by atoms with Crippen molar-refractivity contribution < 1.29 is 14.3 Å². The van der Waals surface area contributed by atoms with Crippen LogP contribution in [0.25, 0.3) is 22.8 Å². The number of amides is 2. The summed E-state index contributed by atoms with van der Waals surface area (Å²) in [6.45, 7) is 9.39. The highest BCUT2D eigenvalue weighted by Crippen LogP contribution is 2.41. The van der Waals surface area contributed by atoms with Crippen LogP contribution < -0.4 is 15.4 Å². The minimum atomic E-state index is -0.162. The van der Waals surface area contributed by atoms with Crippen LogP contribution in [-0.4, -0.2) is 54.0 Å². The molecule has 2 atom stereocenters. The van der Waals surface area contributed by atoms with Crippen molar-refractivity contribution in [3.8, 4) is 16.9 Å². The van der Waals surface area contributed by atoms with Crippen LogP contribution in [0.2, 0.25) is 0 Å². The number of nitrogens with zero attached hydrogens (tertiary/aromatic N) is 1. The van der Waals surface area contributed by atoms with Crippen molar-refractivity contribution in [1.29, 1.82) is 0 Å². The Morgan fingerprint density at radius 1 is 1.08 bits per heavy atom. The zero-order valence-electron chi connectivity index (χ0n) is 21.4. The number of aromatic nitrogens is 1. The van der Waals surface area contributed by atoms with Gasteiger partial charge in [0, 0.05) is 47.8 Å². The number of aromatic amines is 1. The van der Waals surface area contributed by atoms with E-state index < -0.39 is 0 Å². The van der Waals surface area contributed by atoms with E-state index in [-0.39, 0.29) is 23.9 Å². The maximum Gasteiger partial charge on any atom is 0.256 e. The molecule has 5 rings (SSSR count). The minimum absolute atomic E-state index is 0.0273. The molecule has 1 fully saturated rings. The quantitative estimate of drug-likeness (QED) is 0.472. The first-order chi connectivity index (χ1) is 17.3. The van der Waals surface area contributed by atoms with E-state index in [2.05, 4.69) is 29.5 Å². The maximum atomic E-state index is 13.5. The second-order valence-electron chi connectivity index (χ2n) is 9.81. The number of nitrogens with one attached hydrogen (secondary N) is 3. The van der Waals surface area contributed by atoms with Crippen LogP contribution in [0.5, 0.6) is 5.75 Å². The van der Waals surface area contributed by atoms with Gasteiger partial charge in [0.25, 0.3) is 11.8 Å². The SMILES string of the molecule is COc1cccc(-c2cccc3c2C(=Cc2[nH]c(C)c(C(=O)N4C[C@H](C)N[C@@H](C)C4)c2C)C(=O)N3)c1. The van der Waals surface area contributed by atoms with E-state index in [1.165, 1.54) is 0 Å². The molecule has 0 bridgehead atoms. The van der Waals surface area contributed by atoms with Crippen molar-refractivity contribution in [2.24, 2.45) is 0 Å². The molecule has 186 valence electrons. The van der Waals surface area contributed by atoms with Crippen molar-refractivity contribution in [3.63, 3.8) is 0 Å². The van der Waals surface area contributed by atoms with E-state index in [9.17, 15) is 9.59 Å². The van der Waals surface area contributed by atoms with Gasteiger partial charge < -0.3 is 25.3 Å². The fourth-order valence-electron chi connectivity index (χ4n) is 5.45. The van der Waals surface area contributed by atoms with Crippen LogP contribution in [0.15, 0.2) is 42.5 Å². The number of H-pyrrole nitrogens is 1. The molecule has 2 aromatic carbocycles. The smallest absolute Gasteiger partial charge is 0.256 e. The Balaban J connectivity index is 1.56. The van der Waals surface area contributed by atoms with Crippen LogP contribution >= 0.6 is 0 Å². The molecule has 7 heteroatoms. The van der Waals surface area contributed by atoms with Gasteiger partial charge in [0.2, 0.25) is 0 Å². The summed E-state index contributed by atoms with van der Waals surface area (Å²) in [6.07, 6.45) is 1.87. The van der Waals surface area contributed by atoms with Crippen molar-refractivity contribution in [1.82, 2.24) is 15.2 Å². The Morgan fingerprint density at radius 3 is 2.53 bits per heavy atom. The largest absolute Gasteiger partial charge is 0.497 e. The predicted molar refractivity (Wildman–Crippen MR) is 143 cm³/mol. The molecule has 0 unspecified atom stereocenters. The highest BCUT2D eigenvalue weighted by Gasteiger charge is 2.31. The minimum Gasteiger partial charge on any atom is -0.497 e. The van der Waals surface area contributed by atoms with Crippen LogP contribution in [-0.2, 0) is 4.79 Å². The number of carbonyl (C=O) groups is 2. The highest BCUT2D eigenvalue weighted by atomic mass is 16.5. The number of methoxy groups -OCH3 is 1. The van der Waals surface area contributed by atoms with Crippen molar-refractivity contribution in [3.05, 3.63) is 70.5 Å². The van der Waals surface area contributed by atoms with E-state index in [1.54, 1.807) is 7.11 Å². The van der Waals surface area contributed by atoms with E-state index in [0.717, 1.165) is 45.1 Å². The molecule has 3 heterocycles. The number of hydrogen-bond acceptors (Lipinski definition) is 4. The molecule has 0 aliphatic carbocycles. The molecule has 7 nitrogen and oxygen atoms in total. The summed E-state index contributed by atoms with van der Waals surface area (Å²) in [6, 6.07) is 14.2. The molecule has 2 aliphatic rings. The summed E-state index contributed by atoms with van der Waals surface area (Å²) in [4.78, 5) is 31.9. The van der Waals surface area contributed by atoms with Gasteiger partial charge in [0.15, 0.2) is 0 Å². The third-order valence-electron chi connectivity index (χ3n) is 7.03. The molecule has 1 aromatic heterocycles. The van der Waals surface area contributed by atoms with Gasteiger partial charge in [-0.2, -0.15) is 0 Å². The molecule has 2 amide bonds. The fourth-order valence-corrected chi connectivity index (χ4v) is 5.45. The summed E-state index contributed by atoms with van der Waals surface area (Å²) in [5.74, 6) is 0.618. The zero-order chi connectivity index (χ0) is 25.6. The number of hydrogen-bond donors (Lipinski definition) is 3. The Morgan fingerprint density at radius 2 is 1.81 bits per heavy atom. The summed E-state index contributed by atoms with van der Waals surface area (Å²) in [7, 11) is 1.64. The molecular weight excluding hydrogens is 452 g/mol. The van der Waals surface area contributed by atoms with Gasteiger partial charge in [-0.3, -0.25) is 9.59 Å². The Bertz CT molecular complexity index is 1380. The van der Waals surface area contributed by atoms with E-state index in [0.29, 0.717) is 24.2 Å². The van der Waals surface area contributed by atoms with E-state index >= 15 is 0 Å². The standard InChI is InChI=1S/C29H32N4O3/c1-16-14-33(15-17(2)30-16)29(35)26-18(3)25(31-19(26)4)13-23-27-22(10-7-11-24(27)32-28(23)34)20-8-6-9-21(12-20)36-5/h6-13,16-17,30-31H,14-15H2,1-5H3,(H,32,34)/t16-,17-/m0/s1. The number of anilines is 1. The topological polar surface area (TPSA) is 86.5 Å². The molecule has 0 saturated carbocycles. The van der Waals surface area contributed by atoms with Crippen molar-refractivity contribution in [2.75, 3.05) is 25.5 Å². The van der Waals surface area contributed by atoms with E-state index in [4.69, 9.17) is 4.74 Å². The number of rotatable bonds is 4. The third kappa shape index (κ3) is 4.20. The summed E-state index contributed by atoms with van der Waals surface area (Å²) in [5.41, 5.74) is 7.20. The lowest BCUT2D eigenvalue weighted by molar-refractivity contribution is -0.110. The number of fused-ring (bicyclic) bond motifs is 1.